The zero-order valence-corrected chi connectivity index (χ0v) is 12.8. The van der Waals surface area contributed by atoms with E-state index in [2.05, 4.69) is 10.2 Å². The second kappa shape index (κ2) is 6.45. The van der Waals surface area contributed by atoms with Crippen LogP contribution in [0, 0.1) is 5.82 Å². The van der Waals surface area contributed by atoms with Crippen molar-refractivity contribution >= 4 is 23.4 Å². The molecule has 0 saturated carbocycles. The van der Waals surface area contributed by atoms with E-state index in [0.29, 0.717) is 11.7 Å². The summed E-state index contributed by atoms with van der Waals surface area (Å²) in [5, 5.41) is 7.21. The first-order valence-electron chi connectivity index (χ1n) is 6.29. The van der Waals surface area contributed by atoms with E-state index in [1.54, 1.807) is 16.7 Å². The Labute approximate surface area is 125 Å². The Kier molecular flexibility index (Phi) is 4.88. The van der Waals surface area contributed by atoms with Gasteiger partial charge >= 0.3 is 5.69 Å². The molecule has 0 aliphatic carbocycles. The molecule has 0 aliphatic heterocycles. The van der Waals surface area contributed by atoms with Gasteiger partial charge in [-0.15, -0.1) is 5.10 Å². The Morgan fingerprint density at radius 2 is 2.30 bits per heavy atom. The average Bonchev–Trinajstić information content (AvgIpc) is 2.75. The van der Waals surface area contributed by atoms with Gasteiger partial charge < -0.3 is 0 Å². The molecule has 1 aromatic carbocycles. The third kappa shape index (κ3) is 3.24. The maximum Gasteiger partial charge on any atom is 0.343 e. The predicted molar refractivity (Wildman–Crippen MR) is 78.8 cm³/mol. The Morgan fingerprint density at radius 3 is 2.95 bits per heavy atom. The van der Waals surface area contributed by atoms with E-state index in [9.17, 15) is 9.18 Å². The molecule has 1 N–H and O–H groups in total. The van der Waals surface area contributed by atoms with Crippen LogP contribution in [-0.2, 0) is 6.54 Å². The van der Waals surface area contributed by atoms with Crippen LogP contribution in [0.1, 0.15) is 31.1 Å². The van der Waals surface area contributed by atoms with Crippen molar-refractivity contribution in [3.8, 4) is 0 Å². The van der Waals surface area contributed by atoms with Crippen LogP contribution < -0.4 is 5.69 Å². The largest absolute Gasteiger partial charge is 0.343 e. The van der Waals surface area contributed by atoms with Crippen LogP contribution in [0.15, 0.2) is 28.2 Å². The minimum Gasteiger partial charge on any atom is -0.270 e. The highest BCUT2D eigenvalue weighted by Crippen LogP contribution is 2.34. The van der Waals surface area contributed by atoms with Gasteiger partial charge in [0.25, 0.3) is 0 Å². The lowest BCUT2D eigenvalue weighted by atomic mass is 10.2. The number of benzene rings is 1. The molecule has 2 aromatic rings. The minimum atomic E-state index is -0.435. The summed E-state index contributed by atoms with van der Waals surface area (Å²) in [5.74, 6) is -0.435. The molecule has 1 heterocycles. The molecule has 0 fully saturated rings. The number of thioether (sulfide) groups is 1. The Morgan fingerprint density at radius 1 is 1.55 bits per heavy atom. The second-order valence-corrected chi connectivity index (χ2v) is 6.11. The maximum absolute atomic E-state index is 13.2. The van der Waals surface area contributed by atoms with Gasteiger partial charge in [-0.25, -0.2) is 14.3 Å². The molecule has 0 bridgehead atoms. The minimum absolute atomic E-state index is 0.0129. The molecule has 1 aromatic heterocycles. The lowest BCUT2D eigenvalue weighted by molar-refractivity contribution is 0.603. The number of nitrogens with one attached hydrogen (secondary N) is 1. The van der Waals surface area contributed by atoms with Crippen LogP contribution >= 0.6 is 23.4 Å². The summed E-state index contributed by atoms with van der Waals surface area (Å²) < 4.78 is 14.8. The van der Waals surface area contributed by atoms with E-state index in [1.807, 2.05) is 13.8 Å². The van der Waals surface area contributed by atoms with Crippen LogP contribution in [0.4, 0.5) is 4.39 Å². The van der Waals surface area contributed by atoms with E-state index in [0.717, 1.165) is 12.0 Å². The van der Waals surface area contributed by atoms with Gasteiger partial charge in [-0.05, 0) is 31.0 Å². The number of aromatic amines is 1. The van der Waals surface area contributed by atoms with E-state index in [4.69, 9.17) is 11.6 Å². The van der Waals surface area contributed by atoms with E-state index in [-0.39, 0.29) is 16.0 Å². The normalized spacial score (nSPS) is 12.6. The van der Waals surface area contributed by atoms with Crippen LogP contribution in [0.3, 0.4) is 0 Å². The van der Waals surface area contributed by atoms with Gasteiger partial charge in [0.15, 0.2) is 5.16 Å². The summed E-state index contributed by atoms with van der Waals surface area (Å²) in [6, 6.07) is 4.63. The fourth-order valence-electron chi connectivity index (χ4n) is 1.81. The van der Waals surface area contributed by atoms with Crippen molar-refractivity contribution in [3.05, 3.63) is 45.1 Å². The number of halogens is 2. The van der Waals surface area contributed by atoms with Crippen LogP contribution in [0.25, 0.3) is 0 Å². The van der Waals surface area contributed by atoms with E-state index in [1.165, 1.54) is 17.8 Å². The van der Waals surface area contributed by atoms with Crippen molar-refractivity contribution in [1.82, 2.24) is 14.8 Å². The molecular weight excluding hydrogens is 301 g/mol. The van der Waals surface area contributed by atoms with Crippen molar-refractivity contribution in [2.75, 3.05) is 0 Å². The molecule has 0 amide bonds. The topological polar surface area (TPSA) is 50.7 Å². The molecule has 4 nitrogen and oxygen atoms in total. The molecule has 7 heteroatoms. The number of nitrogens with zero attached hydrogens (tertiary/aromatic N) is 2. The summed E-state index contributed by atoms with van der Waals surface area (Å²) in [4.78, 5) is 11.6. The number of H-pyrrole nitrogens is 1. The summed E-state index contributed by atoms with van der Waals surface area (Å²) in [7, 11) is 0. The summed E-state index contributed by atoms with van der Waals surface area (Å²) in [6.07, 6.45) is 0.851. The Hall–Kier alpha value is -1.27. The van der Waals surface area contributed by atoms with Crippen molar-refractivity contribution in [2.24, 2.45) is 0 Å². The molecule has 0 saturated heterocycles. The molecule has 108 valence electrons. The SMILES string of the molecule is CCCn1c(SC(C)c2ccc(F)c(Cl)c2)n[nH]c1=O. The molecular formula is C13H15ClFN3OS. The maximum atomic E-state index is 13.2. The lowest BCUT2D eigenvalue weighted by Gasteiger charge is -2.12. The number of hydrogen-bond acceptors (Lipinski definition) is 3. The van der Waals surface area contributed by atoms with Gasteiger partial charge in [-0.2, -0.15) is 0 Å². The standard InChI is InChI=1S/C13H15ClFN3OS/c1-3-6-18-12(19)16-17-13(18)20-8(2)9-4-5-11(15)10(14)7-9/h4-5,7-8H,3,6H2,1-2H3,(H,16,19). The van der Waals surface area contributed by atoms with Crippen molar-refractivity contribution in [1.29, 1.82) is 0 Å². The third-order valence-corrected chi connectivity index (χ3v) is 4.30. The lowest BCUT2D eigenvalue weighted by Crippen LogP contribution is -2.17. The fraction of sp³-hybridized carbons (Fsp3) is 0.385. The quantitative estimate of drug-likeness (QED) is 0.857. The molecule has 0 spiro atoms. The Balaban J connectivity index is 2.21. The summed E-state index contributed by atoms with van der Waals surface area (Å²) in [6.45, 7) is 4.58. The fourth-order valence-corrected chi connectivity index (χ4v) is 2.99. The van der Waals surface area contributed by atoms with Crippen LogP contribution in [0.5, 0.6) is 0 Å². The van der Waals surface area contributed by atoms with Gasteiger partial charge in [-0.1, -0.05) is 36.4 Å². The van der Waals surface area contributed by atoms with Crippen LogP contribution in [-0.4, -0.2) is 14.8 Å². The molecule has 0 aliphatic rings. The summed E-state index contributed by atoms with van der Waals surface area (Å²) in [5.41, 5.74) is 0.679. The zero-order valence-electron chi connectivity index (χ0n) is 11.2. The average molecular weight is 316 g/mol. The number of aromatic nitrogens is 3. The highest BCUT2D eigenvalue weighted by atomic mass is 35.5. The molecule has 0 radical (unpaired) electrons. The van der Waals surface area contributed by atoms with Crippen molar-refractivity contribution in [2.45, 2.75) is 37.2 Å². The Bertz CT molecular complexity index is 655. The van der Waals surface area contributed by atoms with Gasteiger partial charge in [0, 0.05) is 11.8 Å². The predicted octanol–water partition coefficient (Wildman–Crippen LogP) is 3.63. The number of hydrogen-bond donors (Lipinski definition) is 1. The highest BCUT2D eigenvalue weighted by Gasteiger charge is 2.15. The molecule has 1 atom stereocenters. The third-order valence-electron chi connectivity index (χ3n) is 2.87. The number of rotatable bonds is 5. The van der Waals surface area contributed by atoms with E-state index < -0.39 is 5.82 Å². The molecule has 1 unspecified atom stereocenters. The van der Waals surface area contributed by atoms with Gasteiger partial charge in [-0.3, -0.25) is 4.57 Å². The first-order chi connectivity index (χ1) is 9.52. The van der Waals surface area contributed by atoms with Gasteiger partial charge in [0.1, 0.15) is 5.82 Å². The smallest absolute Gasteiger partial charge is 0.270 e. The molecule has 2 rings (SSSR count). The zero-order chi connectivity index (χ0) is 14.7. The van der Waals surface area contributed by atoms with Crippen molar-refractivity contribution < 1.29 is 4.39 Å². The van der Waals surface area contributed by atoms with Crippen LogP contribution in [0.2, 0.25) is 5.02 Å². The van der Waals surface area contributed by atoms with Gasteiger partial charge in [0.2, 0.25) is 0 Å². The second-order valence-electron chi connectivity index (χ2n) is 4.40. The first kappa shape index (κ1) is 15.1. The van der Waals surface area contributed by atoms with Crippen molar-refractivity contribution in [3.63, 3.8) is 0 Å². The summed E-state index contributed by atoms with van der Waals surface area (Å²) >= 11 is 7.22. The van der Waals surface area contributed by atoms with E-state index >= 15 is 0 Å². The highest BCUT2D eigenvalue weighted by molar-refractivity contribution is 7.99. The first-order valence-corrected chi connectivity index (χ1v) is 7.55. The van der Waals surface area contributed by atoms with Gasteiger partial charge in [0.05, 0.1) is 5.02 Å². The molecule has 20 heavy (non-hydrogen) atoms. The monoisotopic (exact) mass is 315 g/mol.